The van der Waals surface area contributed by atoms with Gasteiger partial charge in [-0.05, 0) is 27.7 Å². The summed E-state index contributed by atoms with van der Waals surface area (Å²) in [6, 6.07) is 1.89. The molecule has 0 amide bonds. The fourth-order valence-corrected chi connectivity index (χ4v) is 1.34. The summed E-state index contributed by atoms with van der Waals surface area (Å²) >= 11 is 0. The Labute approximate surface area is 109 Å². The van der Waals surface area contributed by atoms with Gasteiger partial charge in [-0.1, -0.05) is 0 Å². The van der Waals surface area contributed by atoms with Crippen LogP contribution in [0.1, 0.15) is 34.1 Å². The van der Waals surface area contributed by atoms with Gasteiger partial charge in [0, 0.05) is 31.6 Å². The zero-order valence-corrected chi connectivity index (χ0v) is 11.8. The molecule has 5 nitrogen and oxygen atoms in total. The lowest BCUT2D eigenvalue weighted by atomic mass is 10.1. The van der Waals surface area contributed by atoms with Crippen molar-refractivity contribution in [1.29, 1.82) is 0 Å². The number of hydrogen-bond acceptors (Lipinski definition) is 5. The smallest absolute Gasteiger partial charge is 0.134 e. The number of Topliss-reactive ketones (excluding diaryl/α,β-unsaturated/α-hetero) is 1. The van der Waals surface area contributed by atoms with Gasteiger partial charge in [-0.25, -0.2) is 9.97 Å². The van der Waals surface area contributed by atoms with E-state index in [0.717, 1.165) is 11.6 Å². The Balaban J connectivity index is 2.70. The van der Waals surface area contributed by atoms with E-state index in [2.05, 4.69) is 41.0 Å². The zero-order chi connectivity index (χ0) is 13.8. The average molecular weight is 250 g/mol. The van der Waals surface area contributed by atoms with Gasteiger partial charge >= 0.3 is 0 Å². The van der Waals surface area contributed by atoms with Crippen molar-refractivity contribution in [2.45, 2.75) is 39.7 Å². The van der Waals surface area contributed by atoms with Crippen LogP contribution < -0.4 is 10.2 Å². The fraction of sp³-hybridized carbons (Fsp3) is 0.615. The summed E-state index contributed by atoms with van der Waals surface area (Å²) in [7, 11) is 2.00. The molecule has 1 aromatic rings. The zero-order valence-electron chi connectivity index (χ0n) is 11.8. The van der Waals surface area contributed by atoms with E-state index in [1.165, 1.54) is 6.33 Å². The number of aromatic nitrogens is 2. The van der Waals surface area contributed by atoms with E-state index < -0.39 is 0 Å². The molecule has 0 fully saturated rings. The maximum absolute atomic E-state index is 10.9. The first-order valence-corrected chi connectivity index (χ1v) is 6.10. The molecule has 0 saturated carbocycles. The number of carbonyl (C=O) groups excluding carboxylic acids is 1. The highest BCUT2D eigenvalue weighted by molar-refractivity contribution is 5.75. The highest BCUT2D eigenvalue weighted by atomic mass is 16.1. The molecular weight excluding hydrogens is 228 g/mol. The molecular formula is C13H22N4O. The number of anilines is 2. The summed E-state index contributed by atoms with van der Waals surface area (Å²) < 4.78 is 0. The standard InChI is InChI=1S/C13H22N4O/c1-10(18)6-7-14-11-8-12(16-9-15-11)17(5)13(2,3)4/h8-9H,6-7H2,1-5H3,(H,14,15,16). The normalized spacial score (nSPS) is 11.2. The molecule has 1 N–H and O–H groups in total. The van der Waals surface area contributed by atoms with Crippen molar-refractivity contribution in [1.82, 2.24) is 9.97 Å². The summed E-state index contributed by atoms with van der Waals surface area (Å²) in [5.74, 6) is 1.78. The molecule has 5 heteroatoms. The van der Waals surface area contributed by atoms with Gasteiger partial charge < -0.3 is 10.2 Å². The van der Waals surface area contributed by atoms with Crippen molar-refractivity contribution in [2.24, 2.45) is 0 Å². The second kappa shape index (κ2) is 5.80. The molecule has 0 aliphatic heterocycles. The van der Waals surface area contributed by atoms with Crippen molar-refractivity contribution in [3.05, 3.63) is 12.4 Å². The van der Waals surface area contributed by atoms with E-state index in [1.54, 1.807) is 6.92 Å². The SMILES string of the molecule is CC(=O)CCNc1cc(N(C)C(C)(C)C)ncn1. The van der Waals surface area contributed by atoms with Crippen LogP contribution in [-0.4, -0.2) is 34.9 Å². The lowest BCUT2D eigenvalue weighted by molar-refractivity contribution is -0.116. The molecule has 100 valence electrons. The molecule has 0 spiro atoms. The summed E-state index contributed by atoms with van der Waals surface area (Å²) in [5.41, 5.74) is 0.00497. The van der Waals surface area contributed by atoms with Crippen LogP contribution in [0.2, 0.25) is 0 Å². The minimum atomic E-state index is 0.00497. The van der Waals surface area contributed by atoms with Crippen molar-refractivity contribution in [3.8, 4) is 0 Å². The van der Waals surface area contributed by atoms with E-state index in [-0.39, 0.29) is 11.3 Å². The third kappa shape index (κ3) is 4.31. The largest absolute Gasteiger partial charge is 0.369 e. The molecule has 0 aromatic carbocycles. The predicted octanol–water partition coefficient (Wildman–Crippen LogP) is 2.10. The molecule has 18 heavy (non-hydrogen) atoms. The van der Waals surface area contributed by atoms with Gasteiger partial charge in [-0.15, -0.1) is 0 Å². The Morgan fingerprint density at radius 1 is 1.39 bits per heavy atom. The molecule has 1 aromatic heterocycles. The van der Waals surface area contributed by atoms with E-state index in [1.807, 2.05) is 13.1 Å². The van der Waals surface area contributed by atoms with Crippen molar-refractivity contribution in [2.75, 3.05) is 23.8 Å². The van der Waals surface area contributed by atoms with Gasteiger partial charge in [0.1, 0.15) is 23.7 Å². The van der Waals surface area contributed by atoms with Crippen molar-refractivity contribution >= 4 is 17.4 Å². The quantitative estimate of drug-likeness (QED) is 0.867. The molecule has 1 heterocycles. The summed E-state index contributed by atoms with van der Waals surface area (Å²) in [6.07, 6.45) is 2.04. The minimum absolute atomic E-state index is 0.00497. The van der Waals surface area contributed by atoms with Crippen LogP contribution in [0.4, 0.5) is 11.6 Å². The Bertz CT molecular complexity index is 412. The fourth-order valence-electron chi connectivity index (χ4n) is 1.34. The molecule has 0 atom stereocenters. The van der Waals surface area contributed by atoms with Crippen LogP contribution in [-0.2, 0) is 4.79 Å². The minimum Gasteiger partial charge on any atom is -0.369 e. The Morgan fingerprint density at radius 3 is 2.61 bits per heavy atom. The van der Waals surface area contributed by atoms with Gasteiger partial charge in [0.25, 0.3) is 0 Å². The van der Waals surface area contributed by atoms with Crippen LogP contribution >= 0.6 is 0 Å². The summed E-state index contributed by atoms with van der Waals surface area (Å²) in [6.45, 7) is 8.55. The summed E-state index contributed by atoms with van der Waals surface area (Å²) in [5, 5.41) is 3.12. The Kier molecular flexibility index (Phi) is 4.64. The van der Waals surface area contributed by atoms with Crippen LogP contribution in [0.15, 0.2) is 12.4 Å². The summed E-state index contributed by atoms with van der Waals surface area (Å²) in [4.78, 5) is 21.3. The maximum atomic E-state index is 10.9. The number of ketones is 1. The number of nitrogens with one attached hydrogen (secondary N) is 1. The molecule has 0 aliphatic carbocycles. The van der Waals surface area contributed by atoms with Gasteiger partial charge in [0.15, 0.2) is 0 Å². The molecule has 0 aliphatic rings. The highest BCUT2D eigenvalue weighted by Gasteiger charge is 2.18. The number of carbonyl (C=O) groups is 1. The topological polar surface area (TPSA) is 58.1 Å². The molecule has 1 rings (SSSR count). The third-order valence-corrected chi connectivity index (χ3v) is 2.79. The van der Waals surface area contributed by atoms with E-state index in [4.69, 9.17) is 0 Å². The third-order valence-electron chi connectivity index (χ3n) is 2.79. The van der Waals surface area contributed by atoms with Crippen LogP contribution in [0, 0.1) is 0 Å². The number of nitrogens with zero attached hydrogens (tertiary/aromatic N) is 3. The monoisotopic (exact) mass is 250 g/mol. The average Bonchev–Trinajstić information content (AvgIpc) is 2.26. The van der Waals surface area contributed by atoms with E-state index >= 15 is 0 Å². The van der Waals surface area contributed by atoms with E-state index in [0.29, 0.717) is 13.0 Å². The lowest BCUT2D eigenvalue weighted by Gasteiger charge is -2.33. The van der Waals surface area contributed by atoms with Crippen LogP contribution in [0.5, 0.6) is 0 Å². The van der Waals surface area contributed by atoms with Crippen LogP contribution in [0.3, 0.4) is 0 Å². The van der Waals surface area contributed by atoms with Gasteiger partial charge in [-0.3, -0.25) is 4.79 Å². The van der Waals surface area contributed by atoms with E-state index in [9.17, 15) is 4.79 Å². The predicted molar refractivity (Wildman–Crippen MR) is 74.0 cm³/mol. The second-order valence-electron chi connectivity index (χ2n) is 5.37. The van der Waals surface area contributed by atoms with Gasteiger partial charge in [-0.2, -0.15) is 0 Å². The Hall–Kier alpha value is -1.65. The van der Waals surface area contributed by atoms with Crippen molar-refractivity contribution in [3.63, 3.8) is 0 Å². The first-order chi connectivity index (χ1) is 8.30. The maximum Gasteiger partial charge on any atom is 0.134 e. The first kappa shape index (κ1) is 14.4. The first-order valence-electron chi connectivity index (χ1n) is 6.10. The van der Waals surface area contributed by atoms with Gasteiger partial charge in [0.05, 0.1) is 0 Å². The molecule has 0 saturated heterocycles. The Morgan fingerprint density at radius 2 is 2.06 bits per heavy atom. The molecule has 0 radical (unpaired) electrons. The van der Waals surface area contributed by atoms with Crippen molar-refractivity contribution < 1.29 is 4.79 Å². The van der Waals surface area contributed by atoms with Gasteiger partial charge in [0.2, 0.25) is 0 Å². The van der Waals surface area contributed by atoms with Crippen LogP contribution in [0.25, 0.3) is 0 Å². The second-order valence-corrected chi connectivity index (χ2v) is 5.37. The number of rotatable bonds is 5. The molecule has 0 unspecified atom stereocenters. The number of hydrogen-bond donors (Lipinski definition) is 1. The molecule has 0 bridgehead atoms. The lowest BCUT2D eigenvalue weighted by Crippen LogP contribution is -2.38. The highest BCUT2D eigenvalue weighted by Crippen LogP contribution is 2.20.